The molecule has 1 atom stereocenters. The molecule has 1 aromatic carbocycles. The Balaban J connectivity index is 1.79. The Morgan fingerprint density at radius 3 is 2.76 bits per heavy atom. The highest BCUT2D eigenvalue weighted by Crippen LogP contribution is 2.20. The van der Waals surface area contributed by atoms with Crippen LogP contribution >= 0.6 is 0 Å². The van der Waals surface area contributed by atoms with E-state index in [-0.39, 0.29) is 11.9 Å². The van der Waals surface area contributed by atoms with Crippen LogP contribution < -0.4 is 4.74 Å². The number of unbranched alkanes of at least 4 members (excludes halogenated alkanes) is 1. The predicted octanol–water partition coefficient (Wildman–Crippen LogP) is 2.85. The highest BCUT2D eigenvalue weighted by Gasteiger charge is 2.33. The van der Waals surface area contributed by atoms with Crippen molar-refractivity contribution in [3.05, 3.63) is 30.3 Å². The van der Waals surface area contributed by atoms with E-state index >= 15 is 0 Å². The quantitative estimate of drug-likeness (QED) is 0.618. The summed E-state index contributed by atoms with van der Waals surface area (Å²) in [6.45, 7) is 3.40. The van der Waals surface area contributed by atoms with E-state index in [0.29, 0.717) is 31.9 Å². The van der Waals surface area contributed by atoms with Crippen LogP contribution in [0.25, 0.3) is 0 Å². The molecule has 5 heteroatoms. The molecular formula is C16H21NO4. The molecule has 1 saturated heterocycles. The third kappa shape index (κ3) is 4.48. The van der Waals surface area contributed by atoms with E-state index in [0.717, 1.165) is 12.8 Å². The number of amides is 1. The average molecular weight is 291 g/mol. The number of benzene rings is 1. The fourth-order valence-corrected chi connectivity index (χ4v) is 2.21. The zero-order valence-electron chi connectivity index (χ0n) is 12.3. The predicted molar refractivity (Wildman–Crippen MR) is 78.0 cm³/mol. The minimum absolute atomic E-state index is 0.210. The van der Waals surface area contributed by atoms with Crippen molar-refractivity contribution in [2.75, 3.05) is 19.7 Å². The van der Waals surface area contributed by atoms with Crippen LogP contribution in [-0.4, -0.2) is 36.7 Å². The van der Waals surface area contributed by atoms with Crippen LogP contribution in [0.4, 0.5) is 4.79 Å². The molecule has 0 saturated carbocycles. The first-order chi connectivity index (χ1) is 10.2. The number of likely N-dealkylation sites (tertiary alicyclic amines) is 1. The van der Waals surface area contributed by atoms with Gasteiger partial charge in [-0.15, -0.1) is 0 Å². The maximum Gasteiger partial charge on any atom is 0.415 e. The number of carbonyl (C=O) groups is 2. The van der Waals surface area contributed by atoms with Gasteiger partial charge in [0, 0.05) is 13.1 Å². The summed E-state index contributed by atoms with van der Waals surface area (Å²) in [6.07, 6.45) is 2.09. The molecule has 0 radical (unpaired) electrons. The molecule has 1 heterocycles. The minimum Gasteiger partial charge on any atom is -0.465 e. The largest absolute Gasteiger partial charge is 0.465 e. The van der Waals surface area contributed by atoms with Gasteiger partial charge in [0.2, 0.25) is 0 Å². The number of para-hydroxylation sites is 1. The Bertz CT molecular complexity index is 474. The van der Waals surface area contributed by atoms with Crippen molar-refractivity contribution in [1.82, 2.24) is 4.90 Å². The molecule has 2 rings (SSSR count). The summed E-state index contributed by atoms with van der Waals surface area (Å²) in [5, 5.41) is 0. The second-order valence-electron chi connectivity index (χ2n) is 5.13. The van der Waals surface area contributed by atoms with Gasteiger partial charge in [0.15, 0.2) is 0 Å². The molecule has 1 aliphatic heterocycles. The van der Waals surface area contributed by atoms with Gasteiger partial charge in [-0.25, -0.2) is 4.79 Å². The second kappa shape index (κ2) is 7.67. The summed E-state index contributed by atoms with van der Waals surface area (Å²) in [6, 6.07) is 8.92. The molecule has 1 aromatic rings. The summed E-state index contributed by atoms with van der Waals surface area (Å²) in [5.74, 6) is 0.0695. The van der Waals surface area contributed by atoms with Crippen molar-refractivity contribution in [2.24, 2.45) is 5.92 Å². The lowest BCUT2D eigenvalue weighted by Gasteiger charge is -2.15. The van der Waals surface area contributed by atoms with Crippen LogP contribution in [0.15, 0.2) is 30.3 Å². The van der Waals surface area contributed by atoms with Crippen LogP contribution in [-0.2, 0) is 9.53 Å². The lowest BCUT2D eigenvalue weighted by Crippen LogP contribution is -2.32. The molecule has 1 fully saturated rings. The highest BCUT2D eigenvalue weighted by atomic mass is 16.6. The lowest BCUT2D eigenvalue weighted by atomic mass is 10.1. The Hall–Kier alpha value is -2.04. The summed E-state index contributed by atoms with van der Waals surface area (Å²) in [4.78, 5) is 25.4. The fraction of sp³-hybridized carbons (Fsp3) is 0.500. The average Bonchev–Trinajstić information content (AvgIpc) is 2.98. The van der Waals surface area contributed by atoms with Gasteiger partial charge in [-0.1, -0.05) is 31.5 Å². The van der Waals surface area contributed by atoms with Crippen molar-refractivity contribution in [3.63, 3.8) is 0 Å². The monoisotopic (exact) mass is 291 g/mol. The fourth-order valence-electron chi connectivity index (χ4n) is 2.21. The molecule has 0 N–H and O–H groups in total. The Labute approximate surface area is 124 Å². The van der Waals surface area contributed by atoms with Gasteiger partial charge < -0.3 is 14.4 Å². The number of ether oxygens (including phenoxy) is 2. The van der Waals surface area contributed by atoms with Crippen molar-refractivity contribution < 1.29 is 19.1 Å². The Morgan fingerprint density at radius 1 is 1.29 bits per heavy atom. The second-order valence-corrected chi connectivity index (χ2v) is 5.13. The van der Waals surface area contributed by atoms with Crippen LogP contribution in [0.2, 0.25) is 0 Å². The van der Waals surface area contributed by atoms with E-state index < -0.39 is 6.09 Å². The summed E-state index contributed by atoms with van der Waals surface area (Å²) >= 11 is 0. The maximum absolute atomic E-state index is 12.0. The van der Waals surface area contributed by atoms with Gasteiger partial charge in [-0.2, -0.15) is 0 Å². The van der Waals surface area contributed by atoms with Crippen molar-refractivity contribution in [1.29, 1.82) is 0 Å². The molecule has 5 nitrogen and oxygen atoms in total. The molecule has 21 heavy (non-hydrogen) atoms. The molecule has 0 spiro atoms. The minimum atomic E-state index is -0.412. The van der Waals surface area contributed by atoms with E-state index in [1.165, 1.54) is 0 Å². The van der Waals surface area contributed by atoms with Crippen molar-refractivity contribution in [3.8, 4) is 5.75 Å². The number of nitrogens with zero attached hydrogens (tertiary/aromatic N) is 1. The SMILES string of the molecule is CCCCOC(=O)C1CCN(C(=O)Oc2ccccc2)C1. The zero-order chi connectivity index (χ0) is 15.1. The van der Waals surface area contributed by atoms with Gasteiger partial charge in [-0.3, -0.25) is 4.79 Å². The van der Waals surface area contributed by atoms with Gasteiger partial charge >= 0.3 is 12.1 Å². The van der Waals surface area contributed by atoms with Crippen LogP contribution in [0.5, 0.6) is 5.75 Å². The van der Waals surface area contributed by atoms with Crippen LogP contribution in [0.1, 0.15) is 26.2 Å². The first kappa shape index (κ1) is 15.4. The smallest absolute Gasteiger partial charge is 0.415 e. The number of esters is 1. The summed E-state index contributed by atoms with van der Waals surface area (Å²) in [5.41, 5.74) is 0. The molecule has 114 valence electrons. The van der Waals surface area contributed by atoms with Crippen molar-refractivity contribution >= 4 is 12.1 Å². The van der Waals surface area contributed by atoms with E-state index in [1.54, 1.807) is 29.2 Å². The van der Waals surface area contributed by atoms with E-state index in [1.807, 2.05) is 13.0 Å². The first-order valence-corrected chi connectivity index (χ1v) is 7.39. The number of carbonyl (C=O) groups excluding carboxylic acids is 2. The molecule has 1 aliphatic rings. The van der Waals surface area contributed by atoms with E-state index in [2.05, 4.69) is 0 Å². The molecule has 1 unspecified atom stereocenters. The zero-order valence-corrected chi connectivity index (χ0v) is 12.3. The van der Waals surface area contributed by atoms with Crippen LogP contribution in [0, 0.1) is 5.92 Å². The van der Waals surface area contributed by atoms with Gasteiger partial charge in [0.25, 0.3) is 0 Å². The maximum atomic E-state index is 12.0. The molecule has 1 amide bonds. The standard InChI is InChI=1S/C16H21NO4/c1-2-3-11-20-15(18)13-9-10-17(12-13)16(19)21-14-7-5-4-6-8-14/h4-8,13H,2-3,9-12H2,1H3. The molecule has 0 aromatic heterocycles. The number of hydrogen-bond acceptors (Lipinski definition) is 4. The first-order valence-electron chi connectivity index (χ1n) is 7.39. The molecule has 0 bridgehead atoms. The van der Waals surface area contributed by atoms with Crippen molar-refractivity contribution in [2.45, 2.75) is 26.2 Å². The third-order valence-corrected chi connectivity index (χ3v) is 3.47. The van der Waals surface area contributed by atoms with E-state index in [9.17, 15) is 9.59 Å². The molecule has 0 aliphatic carbocycles. The molecular weight excluding hydrogens is 270 g/mol. The summed E-state index contributed by atoms with van der Waals surface area (Å²) in [7, 11) is 0. The topological polar surface area (TPSA) is 55.8 Å². The van der Waals surface area contributed by atoms with Gasteiger partial charge in [-0.05, 0) is 25.0 Å². The normalized spacial score (nSPS) is 17.6. The van der Waals surface area contributed by atoms with Gasteiger partial charge in [0.05, 0.1) is 12.5 Å². The van der Waals surface area contributed by atoms with Gasteiger partial charge in [0.1, 0.15) is 5.75 Å². The lowest BCUT2D eigenvalue weighted by molar-refractivity contribution is -0.148. The Morgan fingerprint density at radius 2 is 2.05 bits per heavy atom. The number of rotatable bonds is 5. The Kier molecular flexibility index (Phi) is 5.60. The highest BCUT2D eigenvalue weighted by molar-refractivity contribution is 5.76. The number of hydrogen-bond donors (Lipinski definition) is 0. The van der Waals surface area contributed by atoms with Crippen LogP contribution in [0.3, 0.4) is 0 Å². The summed E-state index contributed by atoms with van der Waals surface area (Å²) < 4.78 is 10.5. The van der Waals surface area contributed by atoms with E-state index in [4.69, 9.17) is 9.47 Å². The third-order valence-electron chi connectivity index (χ3n) is 3.47.